The highest BCUT2D eigenvalue weighted by molar-refractivity contribution is 6.31. The molecule has 0 aliphatic carbocycles. The molecule has 0 atom stereocenters. The van der Waals surface area contributed by atoms with E-state index in [-0.39, 0.29) is 6.61 Å². The van der Waals surface area contributed by atoms with E-state index in [1.165, 1.54) is 6.08 Å². The first-order valence-electron chi connectivity index (χ1n) is 10.4. The summed E-state index contributed by atoms with van der Waals surface area (Å²) in [6, 6.07) is 21.6. The lowest BCUT2D eigenvalue weighted by atomic mass is 10.2. The molecule has 3 aromatic carbocycles. The molecule has 0 saturated carbocycles. The predicted octanol–water partition coefficient (Wildman–Crippen LogP) is 5.51. The highest BCUT2D eigenvalue weighted by Crippen LogP contribution is 2.19. The van der Waals surface area contributed by atoms with Crippen LogP contribution < -0.4 is 14.8 Å². The van der Waals surface area contributed by atoms with Crippen molar-refractivity contribution in [3.63, 3.8) is 0 Å². The van der Waals surface area contributed by atoms with Crippen molar-refractivity contribution in [2.24, 2.45) is 0 Å². The second-order valence-corrected chi connectivity index (χ2v) is 7.30. The molecular weight excluding hydrogens is 442 g/mol. The van der Waals surface area contributed by atoms with Crippen molar-refractivity contribution in [1.82, 2.24) is 0 Å². The lowest BCUT2D eigenvalue weighted by Crippen LogP contribution is -2.20. The number of ether oxygens (including phenoxy) is 3. The van der Waals surface area contributed by atoms with Gasteiger partial charge in [0.2, 0.25) is 0 Å². The Morgan fingerprint density at radius 2 is 1.58 bits per heavy atom. The third-order valence-electron chi connectivity index (χ3n) is 4.44. The van der Waals surface area contributed by atoms with Gasteiger partial charge in [0.05, 0.1) is 6.61 Å². The summed E-state index contributed by atoms with van der Waals surface area (Å²) >= 11 is 6.13. The fourth-order valence-electron chi connectivity index (χ4n) is 2.80. The number of carbonyl (C=O) groups is 2. The quantitative estimate of drug-likeness (QED) is 0.315. The van der Waals surface area contributed by atoms with E-state index in [2.05, 4.69) is 5.32 Å². The Labute approximate surface area is 197 Å². The molecule has 6 nitrogen and oxygen atoms in total. The topological polar surface area (TPSA) is 73.9 Å². The normalized spacial score (nSPS) is 10.6. The smallest absolute Gasteiger partial charge is 0.331 e. The molecular formula is C26H24ClNO5. The van der Waals surface area contributed by atoms with Crippen LogP contribution in [0, 0.1) is 0 Å². The van der Waals surface area contributed by atoms with Gasteiger partial charge < -0.3 is 19.5 Å². The van der Waals surface area contributed by atoms with Gasteiger partial charge in [0.25, 0.3) is 5.91 Å². The Morgan fingerprint density at radius 1 is 0.909 bits per heavy atom. The molecule has 1 N–H and O–H groups in total. The Morgan fingerprint density at radius 3 is 2.27 bits per heavy atom. The van der Waals surface area contributed by atoms with Crippen LogP contribution in [0.1, 0.15) is 18.1 Å². The van der Waals surface area contributed by atoms with Crippen molar-refractivity contribution in [3.05, 3.63) is 95.0 Å². The van der Waals surface area contributed by atoms with E-state index in [1.54, 1.807) is 42.5 Å². The summed E-state index contributed by atoms with van der Waals surface area (Å²) in [5.74, 6) is 0.352. The van der Waals surface area contributed by atoms with Crippen LogP contribution in [-0.2, 0) is 20.9 Å². The third kappa shape index (κ3) is 8.01. The number of halogens is 1. The second kappa shape index (κ2) is 12.3. The number of hydrogen-bond acceptors (Lipinski definition) is 5. The lowest BCUT2D eigenvalue weighted by Gasteiger charge is -2.08. The van der Waals surface area contributed by atoms with Crippen LogP contribution in [0.5, 0.6) is 11.5 Å². The summed E-state index contributed by atoms with van der Waals surface area (Å²) in [5.41, 5.74) is 2.28. The summed E-state index contributed by atoms with van der Waals surface area (Å²) < 4.78 is 16.1. The minimum Gasteiger partial charge on any atom is -0.494 e. The molecule has 0 bridgehead atoms. The first-order chi connectivity index (χ1) is 16.0. The zero-order valence-corrected chi connectivity index (χ0v) is 18.9. The van der Waals surface area contributed by atoms with Gasteiger partial charge in [-0.05, 0) is 61.0 Å². The molecule has 33 heavy (non-hydrogen) atoms. The summed E-state index contributed by atoms with van der Waals surface area (Å²) in [6.07, 6.45) is 2.87. The fourth-order valence-corrected chi connectivity index (χ4v) is 2.99. The lowest BCUT2D eigenvalue weighted by molar-refractivity contribution is -0.142. The Bertz CT molecular complexity index is 1090. The maximum atomic E-state index is 12.0. The summed E-state index contributed by atoms with van der Waals surface area (Å²) in [7, 11) is 0. The van der Waals surface area contributed by atoms with Crippen molar-refractivity contribution in [3.8, 4) is 11.5 Å². The zero-order chi connectivity index (χ0) is 23.5. The third-order valence-corrected chi connectivity index (χ3v) is 4.81. The van der Waals surface area contributed by atoms with Crippen LogP contribution >= 0.6 is 11.6 Å². The van der Waals surface area contributed by atoms with Gasteiger partial charge >= 0.3 is 5.97 Å². The average molecular weight is 466 g/mol. The second-order valence-electron chi connectivity index (χ2n) is 6.90. The van der Waals surface area contributed by atoms with Crippen molar-refractivity contribution < 1.29 is 23.8 Å². The fraction of sp³-hybridized carbons (Fsp3) is 0.154. The van der Waals surface area contributed by atoms with Crippen LogP contribution in [0.25, 0.3) is 6.08 Å². The van der Waals surface area contributed by atoms with Crippen LogP contribution in [0.3, 0.4) is 0 Å². The maximum absolute atomic E-state index is 12.0. The minimum atomic E-state index is -0.615. The number of nitrogens with one attached hydrogen (secondary N) is 1. The van der Waals surface area contributed by atoms with Crippen LogP contribution in [0.15, 0.2) is 78.9 Å². The molecule has 170 valence electrons. The van der Waals surface area contributed by atoms with E-state index < -0.39 is 11.9 Å². The van der Waals surface area contributed by atoms with Gasteiger partial charge in [-0.25, -0.2) is 4.79 Å². The highest BCUT2D eigenvalue weighted by atomic mass is 35.5. The number of benzene rings is 3. The molecule has 0 aliphatic heterocycles. The Balaban J connectivity index is 1.41. The van der Waals surface area contributed by atoms with Gasteiger partial charge in [-0.15, -0.1) is 0 Å². The van der Waals surface area contributed by atoms with Crippen LogP contribution in [0.4, 0.5) is 5.69 Å². The number of amides is 1. The number of hydrogen-bond donors (Lipinski definition) is 1. The molecule has 0 aliphatic rings. The average Bonchev–Trinajstić information content (AvgIpc) is 2.83. The molecule has 0 radical (unpaired) electrons. The SMILES string of the molecule is CCOc1ccc(NC(=O)COC(=O)/C=C/c2ccc(OCc3ccccc3Cl)cc2)cc1. The monoisotopic (exact) mass is 465 g/mol. The highest BCUT2D eigenvalue weighted by Gasteiger charge is 2.06. The van der Waals surface area contributed by atoms with Gasteiger partial charge in [-0.3, -0.25) is 4.79 Å². The molecule has 7 heteroatoms. The van der Waals surface area contributed by atoms with E-state index in [9.17, 15) is 9.59 Å². The zero-order valence-electron chi connectivity index (χ0n) is 18.1. The van der Waals surface area contributed by atoms with E-state index in [0.29, 0.717) is 35.4 Å². The molecule has 3 rings (SSSR count). The predicted molar refractivity (Wildman–Crippen MR) is 128 cm³/mol. The first-order valence-corrected chi connectivity index (χ1v) is 10.7. The minimum absolute atomic E-state index is 0.361. The van der Waals surface area contributed by atoms with E-state index in [0.717, 1.165) is 11.1 Å². The van der Waals surface area contributed by atoms with Gasteiger partial charge in [-0.2, -0.15) is 0 Å². The van der Waals surface area contributed by atoms with E-state index >= 15 is 0 Å². The van der Waals surface area contributed by atoms with Crippen molar-refractivity contribution >= 4 is 35.2 Å². The molecule has 1 amide bonds. The van der Waals surface area contributed by atoms with Crippen LogP contribution in [-0.4, -0.2) is 25.1 Å². The summed E-state index contributed by atoms with van der Waals surface area (Å²) in [6.45, 7) is 2.44. The standard InChI is InChI=1S/C26H24ClNO5/c1-2-31-22-14-10-21(11-15-22)28-25(29)18-33-26(30)16-9-19-7-12-23(13-8-19)32-17-20-5-3-4-6-24(20)27/h3-16H,2,17-18H2,1H3,(H,28,29)/b16-9+. The molecule has 0 aromatic heterocycles. The Hall–Kier alpha value is -3.77. The number of carbonyl (C=O) groups excluding carboxylic acids is 2. The summed E-state index contributed by atoms with van der Waals surface area (Å²) in [5, 5.41) is 3.31. The van der Waals surface area contributed by atoms with Crippen LogP contribution in [0.2, 0.25) is 5.02 Å². The largest absolute Gasteiger partial charge is 0.494 e. The maximum Gasteiger partial charge on any atom is 0.331 e. The number of esters is 1. The number of anilines is 1. The molecule has 3 aromatic rings. The number of rotatable bonds is 10. The molecule has 0 fully saturated rings. The van der Waals surface area contributed by atoms with Crippen molar-refractivity contribution in [2.45, 2.75) is 13.5 Å². The van der Waals surface area contributed by atoms with Crippen molar-refractivity contribution in [1.29, 1.82) is 0 Å². The Kier molecular flexibility index (Phi) is 8.91. The van der Waals surface area contributed by atoms with Crippen molar-refractivity contribution in [2.75, 3.05) is 18.5 Å². The molecule has 0 spiro atoms. The summed E-state index contributed by atoms with van der Waals surface area (Å²) in [4.78, 5) is 23.9. The van der Waals surface area contributed by atoms with E-state index in [4.69, 9.17) is 25.8 Å². The molecule has 0 heterocycles. The first kappa shape index (κ1) is 23.9. The van der Waals surface area contributed by atoms with Gasteiger partial charge in [-0.1, -0.05) is 41.9 Å². The van der Waals surface area contributed by atoms with Gasteiger partial charge in [0.1, 0.15) is 18.1 Å². The molecule has 0 unspecified atom stereocenters. The molecule has 0 saturated heterocycles. The van der Waals surface area contributed by atoms with Gasteiger partial charge in [0, 0.05) is 22.3 Å². The van der Waals surface area contributed by atoms with Gasteiger partial charge in [0.15, 0.2) is 6.61 Å². The van der Waals surface area contributed by atoms with E-state index in [1.807, 2.05) is 43.3 Å².